The van der Waals surface area contributed by atoms with E-state index in [0.29, 0.717) is 24.1 Å². The normalized spacial score (nSPS) is 21.0. The zero-order valence-electron chi connectivity index (χ0n) is 12.4. The summed E-state index contributed by atoms with van der Waals surface area (Å²) >= 11 is 0. The second-order valence-corrected chi connectivity index (χ2v) is 5.62. The van der Waals surface area contributed by atoms with Crippen molar-refractivity contribution < 1.29 is 9.72 Å². The highest BCUT2D eigenvalue weighted by Crippen LogP contribution is 2.30. The van der Waals surface area contributed by atoms with Crippen molar-refractivity contribution in [3.8, 4) is 0 Å². The molecule has 0 aliphatic heterocycles. The van der Waals surface area contributed by atoms with Gasteiger partial charge < -0.3 is 10.6 Å². The number of carbonyl (C=O) groups excluding carboxylic acids is 1. The monoisotopic (exact) mass is 291 g/mol. The van der Waals surface area contributed by atoms with Crippen LogP contribution in [-0.4, -0.2) is 24.4 Å². The van der Waals surface area contributed by atoms with Gasteiger partial charge in [-0.2, -0.15) is 0 Å². The summed E-state index contributed by atoms with van der Waals surface area (Å²) in [6, 6.07) is 4.47. The molecule has 6 heteroatoms. The minimum absolute atomic E-state index is 0.109. The van der Waals surface area contributed by atoms with Crippen LogP contribution < -0.4 is 10.6 Å². The predicted octanol–water partition coefficient (Wildman–Crippen LogP) is 2.80. The molecule has 0 radical (unpaired) electrons. The number of carbonyl (C=O) groups is 1. The molecule has 1 fully saturated rings. The third kappa shape index (κ3) is 3.51. The molecular formula is C15H21N3O3. The number of nitrogens with zero attached hydrogens (tertiary/aromatic N) is 1. The number of amides is 1. The Morgan fingerprint density at radius 3 is 2.76 bits per heavy atom. The van der Waals surface area contributed by atoms with Gasteiger partial charge in [-0.3, -0.25) is 14.9 Å². The fourth-order valence-corrected chi connectivity index (χ4v) is 2.88. The Labute approximate surface area is 124 Å². The minimum atomic E-state index is -0.521. The maximum atomic E-state index is 12.3. The molecule has 2 rings (SSSR count). The summed E-state index contributed by atoms with van der Waals surface area (Å²) in [7, 11) is 1.71. The van der Waals surface area contributed by atoms with Gasteiger partial charge in [-0.25, -0.2) is 0 Å². The average molecular weight is 291 g/mol. The van der Waals surface area contributed by atoms with Gasteiger partial charge in [-0.1, -0.05) is 19.8 Å². The number of nitro benzene ring substituents is 1. The second-order valence-electron chi connectivity index (χ2n) is 5.62. The van der Waals surface area contributed by atoms with Crippen LogP contribution in [0.4, 0.5) is 11.4 Å². The molecule has 1 aromatic carbocycles. The number of hydrogen-bond acceptors (Lipinski definition) is 4. The Morgan fingerprint density at radius 2 is 2.19 bits per heavy atom. The Bertz CT molecular complexity index is 545. The van der Waals surface area contributed by atoms with E-state index < -0.39 is 4.92 Å². The Morgan fingerprint density at radius 1 is 1.43 bits per heavy atom. The molecule has 1 aliphatic carbocycles. The van der Waals surface area contributed by atoms with Gasteiger partial charge in [0.2, 0.25) is 0 Å². The highest BCUT2D eigenvalue weighted by molar-refractivity contribution is 5.99. The zero-order valence-corrected chi connectivity index (χ0v) is 12.4. The fraction of sp³-hybridized carbons (Fsp3) is 0.533. The summed E-state index contributed by atoms with van der Waals surface area (Å²) in [4.78, 5) is 22.8. The van der Waals surface area contributed by atoms with Gasteiger partial charge in [0.25, 0.3) is 11.6 Å². The van der Waals surface area contributed by atoms with Crippen LogP contribution in [0.5, 0.6) is 0 Å². The molecule has 1 saturated carbocycles. The molecule has 0 spiro atoms. The molecule has 2 unspecified atom stereocenters. The highest BCUT2D eigenvalue weighted by atomic mass is 16.6. The molecule has 0 bridgehead atoms. The summed E-state index contributed by atoms with van der Waals surface area (Å²) < 4.78 is 0. The van der Waals surface area contributed by atoms with Gasteiger partial charge in [-0.05, 0) is 30.4 Å². The molecule has 0 aromatic heterocycles. The van der Waals surface area contributed by atoms with Crippen LogP contribution in [0, 0.1) is 22.0 Å². The summed E-state index contributed by atoms with van der Waals surface area (Å²) in [5.41, 5.74) is 0.628. The maximum absolute atomic E-state index is 12.3. The minimum Gasteiger partial charge on any atom is -0.388 e. The van der Waals surface area contributed by atoms with Crippen LogP contribution in [0.25, 0.3) is 0 Å². The lowest BCUT2D eigenvalue weighted by Gasteiger charge is -2.16. The molecular weight excluding hydrogens is 270 g/mol. The zero-order chi connectivity index (χ0) is 15.4. The van der Waals surface area contributed by atoms with E-state index in [1.54, 1.807) is 13.1 Å². The van der Waals surface area contributed by atoms with E-state index in [2.05, 4.69) is 17.6 Å². The van der Waals surface area contributed by atoms with E-state index in [4.69, 9.17) is 0 Å². The Hall–Kier alpha value is -2.11. The molecule has 2 atom stereocenters. The molecule has 1 amide bonds. The second kappa shape index (κ2) is 6.56. The van der Waals surface area contributed by atoms with Crippen molar-refractivity contribution in [2.45, 2.75) is 26.2 Å². The first-order valence-corrected chi connectivity index (χ1v) is 7.27. The molecule has 114 valence electrons. The van der Waals surface area contributed by atoms with Crippen molar-refractivity contribution in [3.63, 3.8) is 0 Å². The van der Waals surface area contributed by atoms with E-state index in [0.717, 1.165) is 6.42 Å². The first-order chi connectivity index (χ1) is 10.0. The molecule has 21 heavy (non-hydrogen) atoms. The Kier molecular flexibility index (Phi) is 4.77. The van der Waals surface area contributed by atoms with Crippen molar-refractivity contribution in [2.24, 2.45) is 11.8 Å². The number of benzene rings is 1. The van der Waals surface area contributed by atoms with Crippen molar-refractivity contribution in [2.75, 3.05) is 18.9 Å². The summed E-state index contributed by atoms with van der Waals surface area (Å²) in [5, 5.41) is 16.8. The summed E-state index contributed by atoms with van der Waals surface area (Å²) in [6.45, 7) is 2.77. The van der Waals surface area contributed by atoms with Crippen molar-refractivity contribution in [1.29, 1.82) is 0 Å². The molecule has 0 saturated heterocycles. The van der Waals surface area contributed by atoms with Gasteiger partial charge in [0.05, 0.1) is 4.92 Å². The van der Waals surface area contributed by atoms with Gasteiger partial charge in [0, 0.05) is 25.3 Å². The molecule has 0 heterocycles. The number of anilines is 1. The average Bonchev–Trinajstić information content (AvgIpc) is 2.89. The SMILES string of the molecule is CNc1ccc([N+](=O)[O-])c(C(=O)NCC2CCCC2C)c1. The van der Waals surface area contributed by atoms with Crippen LogP contribution in [0.3, 0.4) is 0 Å². The first kappa shape index (κ1) is 15.3. The van der Waals surface area contributed by atoms with E-state index in [-0.39, 0.29) is 17.2 Å². The Balaban J connectivity index is 2.11. The molecule has 1 aliphatic rings. The largest absolute Gasteiger partial charge is 0.388 e. The molecule has 2 N–H and O–H groups in total. The third-order valence-corrected chi connectivity index (χ3v) is 4.29. The van der Waals surface area contributed by atoms with E-state index >= 15 is 0 Å². The first-order valence-electron chi connectivity index (χ1n) is 7.27. The number of nitrogens with one attached hydrogen (secondary N) is 2. The van der Waals surface area contributed by atoms with Crippen LogP contribution in [0.2, 0.25) is 0 Å². The van der Waals surface area contributed by atoms with E-state index in [1.165, 1.54) is 25.0 Å². The van der Waals surface area contributed by atoms with Crippen molar-refractivity contribution in [3.05, 3.63) is 33.9 Å². The van der Waals surface area contributed by atoms with E-state index in [1.807, 2.05) is 0 Å². The lowest BCUT2D eigenvalue weighted by Crippen LogP contribution is -2.30. The number of nitro groups is 1. The van der Waals surface area contributed by atoms with Crippen LogP contribution in [0.1, 0.15) is 36.5 Å². The van der Waals surface area contributed by atoms with Gasteiger partial charge in [-0.15, -0.1) is 0 Å². The lowest BCUT2D eigenvalue weighted by atomic mass is 9.98. The topological polar surface area (TPSA) is 84.3 Å². The van der Waals surface area contributed by atoms with Crippen molar-refractivity contribution in [1.82, 2.24) is 5.32 Å². The number of hydrogen-bond donors (Lipinski definition) is 2. The standard InChI is InChI=1S/C15H21N3O3/c1-10-4-3-5-11(10)9-17-15(19)13-8-12(16-2)6-7-14(13)18(20)21/h6-8,10-11,16H,3-5,9H2,1-2H3,(H,17,19). The van der Waals surface area contributed by atoms with Crippen LogP contribution in [-0.2, 0) is 0 Å². The highest BCUT2D eigenvalue weighted by Gasteiger charge is 2.25. The summed E-state index contributed by atoms with van der Waals surface area (Å²) in [5.74, 6) is 0.697. The number of rotatable bonds is 5. The fourth-order valence-electron chi connectivity index (χ4n) is 2.88. The van der Waals surface area contributed by atoms with Crippen LogP contribution in [0.15, 0.2) is 18.2 Å². The van der Waals surface area contributed by atoms with Crippen molar-refractivity contribution >= 4 is 17.3 Å². The maximum Gasteiger partial charge on any atom is 0.282 e. The van der Waals surface area contributed by atoms with Crippen LogP contribution >= 0.6 is 0 Å². The smallest absolute Gasteiger partial charge is 0.282 e. The predicted molar refractivity (Wildman–Crippen MR) is 81.5 cm³/mol. The summed E-state index contributed by atoms with van der Waals surface area (Å²) in [6.07, 6.45) is 3.49. The van der Waals surface area contributed by atoms with Gasteiger partial charge in [0.1, 0.15) is 5.56 Å². The molecule has 6 nitrogen and oxygen atoms in total. The quantitative estimate of drug-likeness (QED) is 0.645. The molecule has 1 aromatic rings. The van der Waals surface area contributed by atoms with Gasteiger partial charge >= 0.3 is 0 Å². The van der Waals surface area contributed by atoms with Gasteiger partial charge in [0.15, 0.2) is 0 Å². The lowest BCUT2D eigenvalue weighted by molar-refractivity contribution is -0.385. The third-order valence-electron chi connectivity index (χ3n) is 4.29. The van der Waals surface area contributed by atoms with E-state index in [9.17, 15) is 14.9 Å².